The van der Waals surface area contributed by atoms with Crippen molar-refractivity contribution in [2.75, 3.05) is 13.7 Å². The lowest BCUT2D eigenvalue weighted by atomic mass is 10.1. The Morgan fingerprint density at radius 1 is 1.73 bits per heavy atom. The van der Waals surface area contributed by atoms with Gasteiger partial charge in [-0.25, -0.2) is 4.98 Å². The van der Waals surface area contributed by atoms with Gasteiger partial charge in [0, 0.05) is 26.0 Å². The first-order chi connectivity index (χ1) is 7.31. The van der Waals surface area contributed by atoms with Crippen molar-refractivity contribution in [3.63, 3.8) is 0 Å². The molecule has 2 rings (SSSR count). The molecule has 0 amide bonds. The zero-order chi connectivity index (χ0) is 10.7. The monoisotopic (exact) mass is 209 g/mol. The van der Waals surface area contributed by atoms with Crippen molar-refractivity contribution in [3.8, 4) is 0 Å². The second-order valence-corrected chi connectivity index (χ2v) is 4.11. The highest BCUT2D eigenvalue weighted by Gasteiger charge is 2.22. The molecular weight excluding hydrogens is 190 g/mol. The topological polar surface area (TPSA) is 39.1 Å². The van der Waals surface area contributed by atoms with Crippen molar-refractivity contribution in [3.05, 3.63) is 18.2 Å². The van der Waals surface area contributed by atoms with Crippen molar-refractivity contribution < 1.29 is 4.74 Å². The molecule has 1 N–H and O–H groups in total. The van der Waals surface area contributed by atoms with Crippen molar-refractivity contribution in [2.45, 2.75) is 31.4 Å². The van der Waals surface area contributed by atoms with Crippen LogP contribution in [0.25, 0.3) is 0 Å². The highest BCUT2D eigenvalue weighted by Crippen LogP contribution is 2.23. The van der Waals surface area contributed by atoms with Crippen molar-refractivity contribution in [1.82, 2.24) is 14.9 Å². The standard InChI is InChI=1S/C11H19N3O/c1-12-10(8-9-4-3-7-15-9)11-13-5-6-14(11)2/h5-6,9-10,12H,3-4,7-8H2,1-2H3. The maximum atomic E-state index is 5.65. The highest BCUT2D eigenvalue weighted by molar-refractivity contribution is 4.99. The quantitative estimate of drug-likeness (QED) is 0.811. The Morgan fingerprint density at radius 2 is 2.60 bits per heavy atom. The van der Waals surface area contributed by atoms with E-state index in [1.54, 1.807) is 0 Å². The van der Waals surface area contributed by atoms with Crippen molar-refractivity contribution in [2.24, 2.45) is 7.05 Å². The molecule has 1 fully saturated rings. The summed E-state index contributed by atoms with van der Waals surface area (Å²) in [5, 5.41) is 3.31. The third-order valence-electron chi connectivity index (χ3n) is 3.04. The van der Waals surface area contributed by atoms with Gasteiger partial charge in [0.25, 0.3) is 0 Å². The van der Waals surface area contributed by atoms with Gasteiger partial charge in [0.05, 0.1) is 12.1 Å². The number of nitrogens with one attached hydrogen (secondary N) is 1. The Balaban J connectivity index is 2.00. The average Bonchev–Trinajstić information content (AvgIpc) is 2.85. The summed E-state index contributed by atoms with van der Waals surface area (Å²) in [5.74, 6) is 1.09. The van der Waals surface area contributed by atoms with Crippen LogP contribution in [0.1, 0.15) is 31.1 Å². The fourth-order valence-corrected chi connectivity index (χ4v) is 2.16. The summed E-state index contributed by atoms with van der Waals surface area (Å²) in [5.41, 5.74) is 0. The van der Waals surface area contributed by atoms with Gasteiger partial charge in [-0.15, -0.1) is 0 Å². The van der Waals surface area contributed by atoms with Crippen LogP contribution in [0.3, 0.4) is 0 Å². The van der Waals surface area contributed by atoms with Gasteiger partial charge in [0.1, 0.15) is 5.82 Å². The van der Waals surface area contributed by atoms with Gasteiger partial charge in [-0.2, -0.15) is 0 Å². The summed E-state index contributed by atoms with van der Waals surface area (Å²) in [6.45, 7) is 0.918. The van der Waals surface area contributed by atoms with E-state index in [1.807, 2.05) is 26.5 Å². The molecule has 0 spiro atoms. The SMILES string of the molecule is CNC(CC1CCCO1)c1nccn1C. The van der Waals surface area contributed by atoms with Crippen LogP contribution in [0, 0.1) is 0 Å². The van der Waals surface area contributed by atoms with Gasteiger partial charge in [-0.3, -0.25) is 0 Å². The van der Waals surface area contributed by atoms with Crippen molar-refractivity contribution in [1.29, 1.82) is 0 Å². The normalized spacial score (nSPS) is 23.2. The Labute approximate surface area is 90.6 Å². The number of aromatic nitrogens is 2. The van der Waals surface area contributed by atoms with E-state index in [1.165, 1.54) is 12.8 Å². The minimum Gasteiger partial charge on any atom is -0.378 e. The lowest BCUT2D eigenvalue weighted by Gasteiger charge is -2.19. The van der Waals surface area contributed by atoms with Crippen LogP contribution in [-0.2, 0) is 11.8 Å². The van der Waals surface area contributed by atoms with E-state index in [-0.39, 0.29) is 0 Å². The Bertz CT molecular complexity index is 305. The molecule has 2 heterocycles. The summed E-state index contributed by atoms with van der Waals surface area (Å²) in [4.78, 5) is 4.37. The van der Waals surface area contributed by atoms with Crippen LogP contribution in [0.2, 0.25) is 0 Å². The minimum absolute atomic E-state index is 0.299. The molecule has 0 aliphatic carbocycles. The summed E-state index contributed by atoms with van der Waals surface area (Å²) < 4.78 is 7.71. The van der Waals surface area contributed by atoms with E-state index in [4.69, 9.17) is 4.74 Å². The first-order valence-corrected chi connectivity index (χ1v) is 5.57. The van der Waals surface area contributed by atoms with Crippen LogP contribution in [-0.4, -0.2) is 29.3 Å². The summed E-state index contributed by atoms with van der Waals surface area (Å²) >= 11 is 0. The minimum atomic E-state index is 0.299. The maximum Gasteiger partial charge on any atom is 0.125 e. The van der Waals surface area contributed by atoms with Gasteiger partial charge in [-0.05, 0) is 26.3 Å². The van der Waals surface area contributed by atoms with Crippen molar-refractivity contribution >= 4 is 0 Å². The third-order valence-corrected chi connectivity index (χ3v) is 3.04. The molecule has 1 aliphatic heterocycles. The predicted octanol–water partition coefficient (Wildman–Crippen LogP) is 1.25. The number of ether oxygens (including phenoxy) is 1. The van der Waals surface area contributed by atoms with Gasteiger partial charge >= 0.3 is 0 Å². The van der Waals surface area contributed by atoms with Crippen LogP contribution in [0.15, 0.2) is 12.4 Å². The summed E-state index contributed by atoms with van der Waals surface area (Å²) in [6, 6.07) is 0.299. The first kappa shape index (κ1) is 10.6. The molecule has 2 atom stereocenters. The molecule has 1 saturated heterocycles. The molecule has 4 heteroatoms. The second kappa shape index (κ2) is 4.77. The number of aryl methyl sites for hydroxylation is 1. The average molecular weight is 209 g/mol. The fraction of sp³-hybridized carbons (Fsp3) is 0.727. The van der Waals surface area contributed by atoms with E-state index in [0.717, 1.165) is 18.9 Å². The molecule has 1 aliphatic rings. The molecule has 0 aromatic carbocycles. The predicted molar refractivity (Wildman–Crippen MR) is 58.6 cm³/mol. The number of imidazole rings is 1. The lowest BCUT2D eigenvalue weighted by molar-refractivity contribution is 0.0942. The molecular formula is C11H19N3O. The van der Waals surface area contributed by atoms with Gasteiger partial charge in [0.2, 0.25) is 0 Å². The van der Waals surface area contributed by atoms with Crippen LogP contribution in [0.5, 0.6) is 0 Å². The third kappa shape index (κ3) is 2.38. The van der Waals surface area contributed by atoms with Crippen LogP contribution >= 0.6 is 0 Å². The van der Waals surface area contributed by atoms with Gasteiger partial charge in [-0.1, -0.05) is 0 Å². The molecule has 4 nitrogen and oxygen atoms in total. The van der Waals surface area contributed by atoms with E-state index in [9.17, 15) is 0 Å². The molecule has 1 aromatic rings. The molecule has 0 saturated carbocycles. The highest BCUT2D eigenvalue weighted by atomic mass is 16.5. The van der Waals surface area contributed by atoms with E-state index < -0.39 is 0 Å². The maximum absolute atomic E-state index is 5.65. The number of hydrogen-bond donors (Lipinski definition) is 1. The summed E-state index contributed by atoms with van der Waals surface area (Å²) in [6.07, 6.45) is 7.62. The number of nitrogens with zero attached hydrogens (tertiary/aromatic N) is 2. The molecule has 1 aromatic heterocycles. The summed E-state index contributed by atoms with van der Waals surface area (Å²) in [7, 11) is 4.01. The smallest absolute Gasteiger partial charge is 0.125 e. The zero-order valence-electron chi connectivity index (χ0n) is 9.44. The van der Waals surface area contributed by atoms with Crippen LogP contribution < -0.4 is 5.32 Å². The lowest BCUT2D eigenvalue weighted by Crippen LogP contribution is -2.24. The number of hydrogen-bond acceptors (Lipinski definition) is 3. The molecule has 15 heavy (non-hydrogen) atoms. The van der Waals surface area contributed by atoms with E-state index >= 15 is 0 Å². The number of rotatable bonds is 4. The zero-order valence-corrected chi connectivity index (χ0v) is 9.44. The van der Waals surface area contributed by atoms with E-state index in [0.29, 0.717) is 12.1 Å². The van der Waals surface area contributed by atoms with E-state index in [2.05, 4.69) is 14.9 Å². The Kier molecular flexibility index (Phi) is 3.38. The molecule has 84 valence electrons. The van der Waals surface area contributed by atoms with Gasteiger partial charge in [0.15, 0.2) is 0 Å². The first-order valence-electron chi connectivity index (χ1n) is 5.57. The Hall–Kier alpha value is -0.870. The largest absolute Gasteiger partial charge is 0.378 e. The van der Waals surface area contributed by atoms with Gasteiger partial charge < -0.3 is 14.6 Å². The van der Waals surface area contributed by atoms with Crippen LogP contribution in [0.4, 0.5) is 0 Å². The second-order valence-electron chi connectivity index (χ2n) is 4.11. The fourth-order valence-electron chi connectivity index (χ4n) is 2.16. The Morgan fingerprint density at radius 3 is 3.13 bits per heavy atom. The molecule has 0 bridgehead atoms. The molecule has 2 unspecified atom stereocenters. The molecule has 0 radical (unpaired) electrons.